The maximum atomic E-state index is 11.2. The molecule has 0 aliphatic rings. The molecule has 4 heteroatoms. The van der Waals surface area contributed by atoms with Gasteiger partial charge < -0.3 is 10.5 Å². The Kier molecular flexibility index (Phi) is 4.10. The first kappa shape index (κ1) is 11.2. The molecule has 14 heavy (non-hydrogen) atoms. The Morgan fingerprint density at radius 2 is 2.36 bits per heavy atom. The van der Waals surface area contributed by atoms with E-state index in [-0.39, 0.29) is 5.97 Å². The second kappa shape index (κ2) is 5.12. The van der Waals surface area contributed by atoms with Crippen molar-refractivity contribution in [2.75, 3.05) is 13.7 Å². The van der Waals surface area contributed by atoms with Gasteiger partial charge >= 0.3 is 5.97 Å². The van der Waals surface area contributed by atoms with Crippen molar-refractivity contribution in [1.82, 2.24) is 0 Å². The third-order valence-electron chi connectivity index (χ3n) is 2.10. The minimum atomic E-state index is -0.263. The fraction of sp³-hybridized carbons (Fsp3) is 0.500. The van der Waals surface area contributed by atoms with Crippen molar-refractivity contribution in [2.45, 2.75) is 19.3 Å². The van der Waals surface area contributed by atoms with E-state index in [1.165, 1.54) is 23.3 Å². The molecule has 0 aliphatic carbocycles. The van der Waals surface area contributed by atoms with E-state index in [2.05, 4.69) is 11.7 Å². The fourth-order valence-corrected chi connectivity index (χ4v) is 2.23. The third-order valence-corrected chi connectivity index (χ3v) is 3.40. The average molecular weight is 213 g/mol. The molecule has 0 aromatic carbocycles. The molecule has 0 amide bonds. The molecule has 0 spiro atoms. The molecule has 1 aromatic rings. The summed E-state index contributed by atoms with van der Waals surface area (Å²) < 4.78 is 4.64. The number of hydrogen-bond donors (Lipinski definition) is 1. The first-order valence-electron chi connectivity index (χ1n) is 4.57. The lowest BCUT2D eigenvalue weighted by Crippen LogP contribution is -2.03. The molecule has 2 N–H and O–H groups in total. The summed E-state index contributed by atoms with van der Waals surface area (Å²) in [4.78, 5) is 13.0. The Balaban J connectivity index is 2.72. The second-order valence-corrected chi connectivity index (χ2v) is 4.29. The summed E-state index contributed by atoms with van der Waals surface area (Å²) >= 11 is 1.48. The molecule has 1 rings (SSSR count). The van der Waals surface area contributed by atoms with Crippen LogP contribution in [0.25, 0.3) is 0 Å². The van der Waals surface area contributed by atoms with E-state index < -0.39 is 0 Å². The zero-order valence-electron chi connectivity index (χ0n) is 8.45. The molecule has 0 saturated heterocycles. The molecule has 0 saturated carbocycles. The normalized spacial score (nSPS) is 12.5. The van der Waals surface area contributed by atoms with Gasteiger partial charge in [0, 0.05) is 4.88 Å². The Labute approximate surface area is 87.9 Å². The number of rotatable bonds is 4. The topological polar surface area (TPSA) is 52.3 Å². The number of carbonyl (C=O) groups is 1. The lowest BCUT2D eigenvalue weighted by atomic mass is 10.1. The molecule has 0 aliphatic heterocycles. The van der Waals surface area contributed by atoms with Crippen LogP contribution in [-0.4, -0.2) is 19.6 Å². The van der Waals surface area contributed by atoms with Gasteiger partial charge in [0.05, 0.1) is 7.11 Å². The maximum absolute atomic E-state index is 11.2. The highest BCUT2D eigenvalue weighted by atomic mass is 32.1. The summed E-state index contributed by atoms with van der Waals surface area (Å²) in [7, 11) is 1.39. The van der Waals surface area contributed by atoms with E-state index in [1.807, 2.05) is 6.07 Å². The molecule has 3 nitrogen and oxygen atoms in total. The Hall–Kier alpha value is -0.870. The molecule has 1 atom stereocenters. The standard InChI is InChI=1S/C10H15NO2S/c1-7(5-6-11)8-3-4-9(14-8)10(12)13-2/h3-4,7H,5-6,11H2,1-2H3. The van der Waals surface area contributed by atoms with Crippen LogP contribution in [0.2, 0.25) is 0 Å². The lowest BCUT2D eigenvalue weighted by Gasteiger charge is -2.05. The molecule has 0 radical (unpaired) electrons. The van der Waals surface area contributed by atoms with E-state index in [9.17, 15) is 4.79 Å². The minimum Gasteiger partial charge on any atom is -0.465 e. The van der Waals surface area contributed by atoms with Crippen LogP contribution in [0.5, 0.6) is 0 Å². The summed E-state index contributed by atoms with van der Waals surface area (Å²) in [6, 6.07) is 3.77. The van der Waals surface area contributed by atoms with Crippen molar-refractivity contribution in [1.29, 1.82) is 0 Å². The predicted octanol–water partition coefficient (Wildman–Crippen LogP) is 1.99. The van der Waals surface area contributed by atoms with E-state index in [4.69, 9.17) is 5.73 Å². The van der Waals surface area contributed by atoms with Gasteiger partial charge in [-0.25, -0.2) is 4.79 Å². The number of esters is 1. The van der Waals surface area contributed by atoms with Crippen LogP contribution in [0.4, 0.5) is 0 Å². The van der Waals surface area contributed by atoms with Crippen LogP contribution in [0, 0.1) is 0 Å². The Bertz CT molecular complexity index is 309. The van der Waals surface area contributed by atoms with Gasteiger partial charge in [0.2, 0.25) is 0 Å². The second-order valence-electron chi connectivity index (χ2n) is 3.17. The smallest absolute Gasteiger partial charge is 0.348 e. The highest BCUT2D eigenvalue weighted by Crippen LogP contribution is 2.26. The highest BCUT2D eigenvalue weighted by Gasteiger charge is 2.12. The number of nitrogens with two attached hydrogens (primary N) is 1. The van der Waals surface area contributed by atoms with Crippen molar-refractivity contribution in [2.24, 2.45) is 5.73 Å². The van der Waals surface area contributed by atoms with Gasteiger partial charge in [-0.3, -0.25) is 0 Å². The van der Waals surface area contributed by atoms with Crippen molar-refractivity contribution in [3.63, 3.8) is 0 Å². The third kappa shape index (κ3) is 2.56. The monoisotopic (exact) mass is 213 g/mol. The van der Waals surface area contributed by atoms with Gasteiger partial charge in [-0.15, -0.1) is 11.3 Å². The van der Waals surface area contributed by atoms with Gasteiger partial charge in [-0.05, 0) is 31.0 Å². The van der Waals surface area contributed by atoms with E-state index in [0.717, 1.165) is 6.42 Å². The molecular formula is C10H15NO2S. The fourth-order valence-electron chi connectivity index (χ4n) is 1.22. The molecular weight excluding hydrogens is 198 g/mol. The molecule has 0 fully saturated rings. The number of hydrogen-bond acceptors (Lipinski definition) is 4. The van der Waals surface area contributed by atoms with Gasteiger partial charge in [0.1, 0.15) is 4.88 Å². The Morgan fingerprint density at radius 3 is 2.93 bits per heavy atom. The summed E-state index contributed by atoms with van der Waals surface area (Å²) in [6.07, 6.45) is 0.946. The van der Waals surface area contributed by atoms with Crippen LogP contribution < -0.4 is 5.73 Å². The average Bonchev–Trinajstić information content (AvgIpc) is 2.66. The summed E-state index contributed by atoms with van der Waals surface area (Å²) in [5.74, 6) is 0.157. The van der Waals surface area contributed by atoms with Crippen LogP contribution in [0.15, 0.2) is 12.1 Å². The van der Waals surface area contributed by atoms with E-state index >= 15 is 0 Å². The molecule has 0 bridgehead atoms. The summed E-state index contributed by atoms with van der Waals surface area (Å²) in [6.45, 7) is 2.78. The number of carbonyl (C=O) groups excluding carboxylic acids is 1. The first-order valence-corrected chi connectivity index (χ1v) is 5.38. The number of thiophene rings is 1. The number of methoxy groups -OCH3 is 1. The van der Waals surface area contributed by atoms with Crippen LogP contribution in [-0.2, 0) is 4.74 Å². The van der Waals surface area contributed by atoms with Gasteiger partial charge in [0.15, 0.2) is 0 Å². The van der Waals surface area contributed by atoms with Gasteiger partial charge in [-0.1, -0.05) is 6.92 Å². The van der Waals surface area contributed by atoms with Crippen LogP contribution in [0.1, 0.15) is 33.8 Å². The van der Waals surface area contributed by atoms with E-state index in [0.29, 0.717) is 17.3 Å². The summed E-state index contributed by atoms with van der Waals surface area (Å²) in [5, 5.41) is 0. The van der Waals surface area contributed by atoms with Crippen molar-refractivity contribution in [3.8, 4) is 0 Å². The van der Waals surface area contributed by atoms with Crippen molar-refractivity contribution >= 4 is 17.3 Å². The number of ether oxygens (including phenoxy) is 1. The molecule has 78 valence electrons. The van der Waals surface area contributed by atoms with Gasteiger partial charge in [-0.2, -0.15) is 0 Å². The lowest BCUT2D eigenvalue weighted by molar-refractivity contribution is 0.0606. The largest absolute Gasteiger partial charge is 0.465 e. The first-order chi connectivity index (χ1) is 6.69. The molecule has 1 unspecified atom stereocenters. The van der Waals surface area contributed by atoms with E-state index in [1.54, 1.807) is 6.07 Å². The van der Waals surface area contributed by atoms with Crippen LogP contribution in [0.3, 0.4) is 0 Å². The summed E-state index contributed by atoms with van der Waals surface area (Å²) in [5.41, 5.74) is 5.47. The Morgan fingerprint density at radius 1 is 1.64 bits per heavy atom. The van der Waals surface area contributed by atoms with Crippen molar-refractivity contribution in [3.05, 3.63) is 21.9 Å². The molecule has 1 heterocycles. The van der Waals surface area contributed by atoms with Gasteiger partial charge in [0.25, 0.3) is 0 Å². The predicted molar refractivity (Wildman–Crippen MR) is 57.7 cm³/mol. The zero-order valence-corrected chi connectivity index (χ0v) is 9.26. The van der Waals surface area contributed by atoms with Crippen molar-refractivity contribution < 1.29 is 9.53 Å². The zero-order chi connectivity index (χ0) is 10.6. The quantitative estimate of drug-likeness (QED) is 0.778. The highest BCUT2D eigenvalue weighted by molar-refractivity contribution is 7.14. The van der Waals surface area contributed by atoms with Crippen LogP contribution >= 0.6 is 11.3 Å². The maximum Gasteiger partial charge on any atom is 0.348 e. The minimum absolute atomic E-state index is 0.263. The molecule has 1 aromatic heterocycles. The SMILES string of the molecule is COC(=O)c1ccc(C(C)CCN)s1.